The third-order valence-corrected chi connectivity index (χ3v) is 3.16. The molecule has 0 aromatic heterocycles. The zero-order valence-corrected chi connectivity index (χ0v) is 10.6. The Hall–Kier alpha value is -0.860. The molecule has 0 unspecified atom stereocenters. The van der Waals surface area contributed by atoms with Gasteiger partial charge in [0, 0.05) is 6.54 Å². The molecule has 1 aromatic rings. The maximum Gasteiger partial charge on any atom is 0.0558 e. The number of likely N-dealkylation sites (N-methyl/N-ethyl adjacent to an activating group) is 1. The van der Waals surface area contributed by atoms with Crippen LogP contribution in [-0.4, -0.2) is 36.8 Å². The fourth-order valence-corrected chi connectivity index (χ4v) is 1.79. The number of hydrogen-bond donors (Lipinski definition) is 1. The van der Waals surface area contributed by atoms with Gasteiger partial charge >= 0.3 is 0 Å². The van der Waals surface area contributed by atoms with Gasteiger partial charge in [0.1, 0.15) is 0 Å². The van der Waals surface area contributed by atoms with E-state index in [1.165, 1.54) is 5.56 Å². The maximum absolute atomic E-state index is 8.84. The second-order valence-corrected chi connectivity index (χ2v) is 5.03. The van der Waals surface area contributed by atoms with Gasteiger partial charge in [0.25, 0.3) is 0 Å². The molecule has 2 heteroatoms. The molecular formula is C14H23NO. The Labute approximate surface area is 98.9 Å². The van der Waals surface area contributed by atoms with Gasteiger partial charge < -0.3 is 10.0 Å². The van der Waals surface area contributed by atoms with Crippen LogP contribution in [0.2, 0.25) is 0 Å². The topological polar surface area (TPSA) is 23.5 Å². The minimum Gasteiger partial charge on any atom is -0.395 e. The Balaban J connectivity index is 2.52. The molecule has 1 N–H and O–H groups in total. The molecule has 90 valence electrons. The fourth-order valence-electron chi connectivity index (χ4n) is 1.79. The number of aliphatic hydroxyl groups excluding tert-OH is 1. The first-order valence-electron chi connectivity index (χ1n) is 5.91. The summed E-state index contributed by atoms with van der Waals surface area (Å²) < 4.78 is 0. The summed E-state index contributed by atoms with van der Waals surface area (Å²) in [5, 5.41) is 8.84. The Morgan fingerprint density at radius 2 is 1.75 bits per heavy atom. The van der Waals surface area contributed by atoms with Crippen molar-refractivity contribution in [3.05, 3.63) is 35.9 Å². The molecule has 0 saturated heterocycles. The highest BCUT2D eigenvalue weighted by Gasteiger charge is 2.20. The van der Waals surface area contributed by atoms with E-state index in [2.05, 4.69) is 56.1 Å². The van der Waals surface area contributed by atoms with Gasteiger partial charge in [-0.1, -0.05) is 44.2 Å². The predicted molar refractivity (Wildman–Crippen MR) is 68.7 cm³/mol. The zero-order chi connectivity index (χ0) is 12.0. The molecule has 0 fully saturated rings. The summed E-state index contributed by atoms with van der Waals surface area (Å²) in [6, 6.07) is 10.6. The third kappa shape index (κ3) is 3.95. The summed E-state index contributed by atoms with van der Waals surface area (Å²) in [6.45, 7) is 6.56. The van der Waals surface area contributed by atoms with Crippen molar-refractivity contribution in [2.45, 2.75) is 25.7 Å². The molecule has 2 nitrogen and oxygen atoms in total. The van der Waals surface area contributed by atoms with Gasteiger partial charge in [-0.15, -0.1) is 0 Å². The zero-order valence-electron chi connectivity index (χ0n) is 10.6. The molecule has 1 aromatic carbocycles. The van der Waals surface area contributed by atoms with Crippen LogP contribution in [0.25, 0.3) is 0 Å². The van der Waals surface area contributed by atoms with E-state index in [4.69, 9.17) is 5.11 Å². The third-order valence-electron chi connectivity index (χ3n) is 3.16. The van der Waals surface area contributed by atoms with E-state index in [1.54, 1.807) is 0 Å². The van der Waals surface area contributed by atoms with Crippen molar-refractivity contribution in [1.29, 1.82) is 0 Å². The molecule has 0 bridgehead atoms. The van der Waals surface area contributed by atoms with Crippen LogP contribution in [-0.2, 0) is 5.41 Å². The van der Waals surface area contributed by atoms with Crippen molar-refractivity contribution >= 4 is 0 Å². The molecule has 0 amide bonds. The highest BCUT2D eigenvalue weighted by Crippen LogP contribution is 2.26. The van der Waals surface area contributed by atoms with E-state index < -0.39 is 0 Å². The molecule has 16 heavy (non-hydrogen) atoms. The van der Waals surface area contributed by atoms with Crippen molar-refractivity contribution < 1.29 is 5.11 Å². The Bertz CT molecular complexity index is 295. The number of nitrogens with zero attached hydrogens (tertiary/aromatic N) is 1. The molecule has 0 radical (unpaired) electrons. The second-order valence-electron chi connectivity index (χ2n) is 5.03. The number of benzene rings is 1. The lowest BCUT2D eigenvalue weighted by Gasteiger charge is -2.28. The standard InChI is InChI=1S/C14H23NO/c1-14(2,9-10-15(3)11-12-16)13-7-5-4-6-8-13/h4-8,16H,9-12H2,1-3H3. The molecule has 0 atom stereocenters. The first kappa shape index (κ1) is 13.2. The molecule has 0 aliphatic carbocycles. The average Bonchev–Trinajstić information content (AvgIpc) is 2.28. The lowest BCUT2D eigenvalue weighted by atomic mass is 9.81. The van der Waals surface area contributed by atoms with Gasteiger partial charge in [0.2, 0.25) is 0 Å². The van der Waals surface area contributed by atoms with E-state index in [-0.39, 0.29) is 12.0 Å². The van der Waals surface area contributed by atoms with Crippen molar-refractivity contribution in [3.8, 4) is 0 Å². The molecule has 0 saturated carbocycles. The Morgan fingerprint density at radius 3 is 2.31 bits per heavy atom. The maximum atomic E-state index is 8.84. The van der Waals surface area contributed by atoms with Crippen LogP contribution < -0.4 is 0 Å². The highest BCUT2D eigenvalue weighted by molar-refractivity contribution is 5.23. The predicted octanol–water partition coefficient (Wildman–Crippen LogP) is 2.28. The summed E-state index contributed by atoms with van der Waals surface area (Å²) in [5.74, 6) is 0. The van der Waals surface area contributed by atoms with Crippen molar-refractivity contribution in [1.82, 2.24) is 4.90 Å². The summed E-state index contributed by atoms with van der Waals surface area (Å²) in [6.07, 6.45) is 1.10. The lowest BCUT2D eigenvalue weighted by Crippen LogP contribution is -2.29. The van der Waals surface area contributed by atoms with E-state index in [9.17, 15) is 0 Å². The summed E-state index contributed by atoms with van der Waals surface area (Å²) in [4.78, 5) is 2.17. The monoisotopic (exact) mass is 221 g/mol. The van der Waals surface area contributed by atoms with E-state index in [0.29, 0.717) is 0 Å². The van der Waals surface area contributed by atoms with Crippen LogP contribution in [0.5, 0.6) is 0 Å². The Kier molecular flexibility index (Phi) is 4.97. The van der Waals surface area contributed by atoms with Gasteiger partial charge in [0.05, 0.1) is 6.61 Å². The van der Waals surface area contributed by atoms with Crippen molar-refractivity contribution in [3.63, 3.8) is 0 Å². The second kappa shape index (κ2) is 6.02. The lowest BCUT2D eigenvalue weighted by molar-refractivity contribution is 0.211. The molecule has 0 spiro atoms. The number of hydrogen-bond acceptors (Lipinski definition) is 2. The van der Waals surface area contributed by atoms with Crippen LogP contribution in [0.15, 0.2) is 30.3 Å². The quantitative estimate of drug-likeness (QED) is 0.796. The fraction of sp³-hybridized carbons (Fsp3) is 0.571. The summed E-state index contributed by atoms with van der Waals surface area (Å²) in [7, 11) is 2.05. The smallest absolute Gasteiger partial charge is 0.0558 e. The number of rotatable bonds is 6. The van der Waals surface area contributed by atoms with Gasteiger partial charge in [-0.2, -0.15) is 0 Å². The molecule has 0 aliphatic rings. The normalized spacial score (nSPS) is 12.1. The van der Waals surface area contributed by atoms with Crippen LogP contribution in [0, 0.1) is 0 Å². The van der Waals surface area contributed by atoms with Gasteiger partial charge in [0.15, 0.2) is 0 Å². The van der Waals surface area contributed by atoms with Crippen molar-refractivity contribution in [2.24, 2.45) is 0 Å². The van der Waals surface area contributed by atoms with E-state index in [1.807, 2.05) is 0 Å². The first-order valence-corrected chi connectivity index (χ1v) is 5.91. The van der Waals surface area contributed by atoms with Crippen LogP contribution in [0.4, 0.5) is 0 Å². The average molecular weight is 221 g/mol. The SMILES string of the molecule is CN(CCO)CCC(C)(C)c1ccccc1. The molecule has 0 aliphatic heterocycles. The minimum absolute atomic E-state index is 0.199. The Morgan fingerprint density at radius 1 is 1.12 bits per heavy atom. The molecule has 0 heterocycles. The van der Waals surface area contributed by atoms with E-state index in [0.717, 1.165) is 19.5 Å². The van der Waals surface area contributed by atoms with Crippen molar-refractivity contribution in [2.75, 3.05) is 26.7 Å². The van der Waals surface area contributed by atoms with E-state index >= 15 is 0 Å². The summed E-state index contributed by atoms with van der Waals surface area (Å²) in [5.41, 5.74) is 1.58. The van der Waals surface area contributed by atoms with Gasteiger partial charge in [-0.3, -0.25) is 0 Å². The van der Waals surface area contributed by atoms with Gasteiger partial charge in [-0.25, -0.2) is 0 Å². The van der Waals surface area contributed by atoms with Crippen LogP contribution >= 0.6 is 0 Å². The highest BCUT2D eigenvalue weighted by atomic mass is 16.3. The summed E-state index contributed by atoms with van der Waals surface area (Å²) >= 11 is 0. The first-order chi connectivity index (χ1) is 7.56. The molecular weight excluding hydrogens is 198 g/mol. The largest absolute Gasteiger partial charge is 0.395 e. The van der Waals surface area contributed by atoms with Crippen LogP contribution in [0.1, 0.15) is 25.8 Å². The molecule has 1 rings (SSSR count). The minimum atomic E-state index is 0.199. The van der Waals surface area contributed by atoms with Gasteiger partial charge in [-0.05, 0) is 31.0 Å². The van der Waals surface area contributed by atoms with Crippen LogP contribution in [0.3, 0.4) is 0 Å². The number of aliphatic hydroxyl groups is 1.